The molecule has 0 saturated carbocycles. The molecule has 0 unspecified atom stereocenters. The number of carbonyl (C=O) groups excluding carboxylic acids is 2. The van der Waals surface area contributed by atoms with Crippen LogP contribution in [-0.4, -0.2) is 64.0 Å². The topological polar surface area (TPSA) is 122 Å². The van der Waals surface area contributed by atoms with E-state index in [2.05, 4.69) is 103 Å². The summed E-state index contributed by atoms with van der Waals surface area (Å²) in [5.74, 6) is -0.556. The average molecular weight is 748 g/mol. The molecule has 1 aromatic heterocycles. The van der Waals surface area contributed by atoms with Crippen LogP contribution in [0.15, 0.2) is 95.0 Å². The van der Waals surface area contributed by atoms with Crippen molar-refractivity contribution in [1.82, 2.24) is 4.90 Å². The molecule has 4 heterocycles. The zero-order valence-electron chi connectivity index (χ0n) is 31.8. The Kier molecular flexibility index (Phi) is 11.5. The molecule has 0 aliphatic carbocycles. The smallest absolute Gasteiger partial charge is 0.269 e. The summed E-state index contributed by atoms with van der Waals surface area (Å²) in [6.07, 6.45) is 13.8. The number of thiophene rings is 1. The minimum absolute atomic E-state index is 0.105. The van der Waals surface area contributed by atoms with Gasteiger partial charge in [0.05, 0.1) is 16.9 Å². The van der Waals surface area contributed by atoms with Crippen LogP contribution in [0.4, 0.5) is 17.1 Å². The second kappa shape index (κ2) is 16.1. The number of likely N-dealkylation sites (tertiary alicyclic amines) is 1. The van der Waals surface area contributed by atoms with Crippen molar-refractivity contribution in [1.29, 1.82) is 0 Å². The number of allylic oxidation sites excluding steroid dienone is 6. The largest absolute Gasteiger partial charge is 0.862 e. The zero-order chi connectivity index (χ0) is 38.6. The molecular formula is C43H49N5O5S. The van der Waals surface area contributed by atoms with Gasteiger partial charge in [0.1, 0.15) is 6.54 Å². The van der Waals surface area contributed by atoms with E-state index in [1.807, 2.05) is 18.2 Å². The van der Waals surface area contributed by atoms with Crippen molar-refractivity contribution in [3.63, 3.8) is 0 Å². The van der Waals surface area contributed by atoms with Crippen LogP contribution in [0.3, 0.4) is 0 Å². The van der Waals surface area contributed by atoms with Crippen LogP contribution in [-0.2, 0) is 20.4 Å². The number of nitrogens with zero attached hydrogens (tertiary/aromatic N) is 5. The Hall–Kier alpha value is -5.16. The molecule has 2 amide bonds. The summed E-state index contributed by atoms with van der Waals surface area (Å²) in [4.78, 5) is 43.6. The number of amides is 2. The molecule has 1 saturated heterocycles. The maximum Gasteiger partial charge on any atom is 0.269 e. The highest BCUT2D eigenvalue weighted by Crippen LogP contribution is 2.49. The second-order valence-corrected chi connectivity index (χ2v) is 16.0. The monoisotopic (exact) mass is 747 g/mol. The van der Waals surface area contributed by atoms with Gasteiger partial charge < -0.3 is 15.0 Å². The zero-order valence-corrected chi connectivity index (χ0v) is 32.7. The minimum Gasteiger partial charge on any atom is -0.862 e. The number of hydrogen-bond acceptors (Lipinski definition) is 8. The van der Waals surface area contributed by atoms with Gasteiger partial charge in [-0.3, -0.25) is 24.6 Å². The Labute approximate surface area is 321 Å². The number of fused-ring (bicyclic) bond motifs is 2. The lowest BCUT2D eigenvalue weighted by Crippen LogP contribution is -2.32. The number of unbranched alkanes of at least 4 members (excludes halogenated alkanes) is 2. The standard InChI is InChI=1S/C43H49N5O5S/c1-6-45-34-21-19-31(48(52)53)29-33(34)43(4,5)37(45)15-9-7-10-16-38-42(2,3)32-28-30(36-14-13-27-54-36)18-20-35(32)46(38)25-12-8-11-17-39(49)44-24-26-47-40(50)22-23-41(47)51/h7,9-10,13-16,18-21,27-29H,6,8,11-12,17,22-26H2,1-5H3. The molecule has 3 aliphatic rings. The molecule has 1 fully saturated rings. The number of nitro benzene ring substituents is 1. The fraction of sp³-hybridized carbons (Fsp3) is 0.395. The maximum atomic E-state index is 12.4. The summed E-state index contributed by atoms with van der Waals surface area (Å²) in [6.45, 7) is 12.8. The number of rotatable bonds is 15. The van der Waals surface area contributed by atoms with E-state index in [9.17, 15) is 24.8 Å². The molecule has 6 rings (SSSR count). The van der Waals surface area contributed by atoms with Crippen molar-refractivity contribution in [2.24, 2.45) is 4.99 Å². The highest BCUT2D eigenvalue weighted by molar-refractivity contribution is 7.13. The number of imide groups is 1. The lowest BCUT2D eigenvalue weighted by atomic mass is 9.80. The van der Waals surface area contributed by atoms with Crippen molar-refractivity contribution >= 4 is 51.8 Å². The molecule has 0 bridgehead atoms. The van der Waals surface area contributed by atoms with Crippen molar-refractivity contribution in [2.75, 3.05) is 31.1 Å². The molecule has 54 heavy (non-hydrogen) atoms. The number of nitro groups is 1. The lowest BCUT2D eigenvalue weighted by Gasteiger charge is -2.25. The summed E-state index contributed by atoms with van der Waals surface area (Å²) in [6, 6.07) is 16.1. The maximum absolute atomic E-state index is 12.4. The highest BCUT2D eigenvalue weighted by Gasteiger charge is 2.44. The van der Waals surface area contributed by atoms with E-state index >= 15 is 0 Å². The summed E-state index contributed by atoms with van der Waals surface area (Å²) < 4.78 is 2.41. The normalized spacial score (nSPS) is 18.6. The van der Waals surface area contributed by atoms with Crippen LogP contribution in [0.5, 0.6) is 0 Å². The van der Waals surface area contributed by atoms with Crippen molar-refractivity contribution < 1.29 is 24.2 Å². The third-order valence-corrected chi connectivity index (χ3v) is 11.8. The highest BCUT2D eigenvalue weighted by atomic mass is 32.1. The first-order valence-electron chi connectivity index (χ1n) is 18.8. The molecule has 0 N–H and O–H groups in total. The minimum atomic E-state index is -0.389. The van der Waals surface area contributed by atoms with E-state index in [0.717, 1.165) is 49.3 Å². The van der Waals surface area contributed by atoms with E-state index in [1.54, 1.807) is 23.5 Å². The molecule has 0 radical (unpaired) electrons. The Morgan fingerprint density at radius 2 is 1.72 bits per heavy atom. The number of likely N-dealkylation sites (N-methyl/N-ethyl adjacent to an activating group) is 1. The van der Waals surface area contributed by atoms with Crippen LogP contribution in [0, 0.1) is 10.1 Å². The van der Waals surface area contributed by atoms with E-state index < -0.39 is 0 Å². The molecule has 0 atom stereocenters. The Morgan fingerprint density at radius 1 is 0.944 bits per heavy atom. The van der Waals surface area contributed by atoms with Gasteiger partial charge in [-0.2, -0.15) is 4.58 Å². The van der Waals surface area contributed by atoms with Gasteiger partial charge in [-0.25, -0.2) is 0 Å². The summed E-state index contributed by atoms with van der Waals surface area (Å²) in [5, 5.41) is 26.1. The second-order valence-electron chi connectivity index (χ2n) is 15.0. The first-order valence-corrected chi connectivity index (χ1v) is 19.7. The van der Waals surface area contributed by atoms with Gasteiger partial charge in [-0.05, 0) is 92.8 Å². The van der Waals surface area contributed by atoms with Crippen molar-refractivity contribution in [3.05, 3.63) is 111 Å². The lowest BCUT2D eigenvalue weighted by molar-refractivity contribution is -0.438. The van der Waals surface area contributed by atoms with E-state index in [0.29, 0.717) is 6.42 Å². The molecular weight excluding hydrogens is 699 g/mol. The fourth-order valence-corrected chi connectivity index (χ4v) is 8.66. The molecule has 2 aromatic carbocycles. The van der Waals surface area contributed by atoms with E-state index in [1.165, 1.54) is 32.3 Å². The Morgan fingerprint density at radius 3 is 2.43 bits per heavy atom. The van der Waals surface area contributed by atoms with E-state index in [4.69, 9.17) is 0 Å². The van der Waals surface area contributed by atoms with Gasteiger partial charge in [0.25, 0.3) is 5.69 Å². The van der Waals surface area contributed by atoms with Crippen LogP contribution in [0.1, 0.15) is 84.3 Å². The number of non-ortho nitro benzene ring substituents is 1. The summed E-state index contributed by atoms with van der Waals surface area (Å²) in [7, 11) is 0. The summed E-state index contributed by atoms with van der Waals surface area (Å²) >= 11 is 1.74. The quantitative estimate of drug-likeness (QED) is 0.0227. The van der Waals surface area contributed by atoms with Gasteiger partial charge in [0, 0.05) is 83.9 Å². The van der Waals surface area contributed by atoms with Crippen LogP contribution in [0.25, 0.3) is 10.4 Å². The number of carbonyl (C=O) groups is 2. The first kappa shape index (κ1) is 38.6. The van der Waals surface area contributed by atoms with Crippen molar-refractivity contribution in [3.8, 4) is 10.4 Å². The predicted molar refractivity (Wildman–Crippen MR) is 215 cm³/mol. The molecule has 282 valence electrons. The van der Waals surface area contributed by atoms with Crippen molar-refractivity contribution in [2.45, 2.75) is 84.0 Å². The third kappa shape index (κ3) is 7.73. The Bertz CT molecular complexity index is 2070. The van der Waals surface area contributed by atoms with Gasteiger partial charge >= 0.3 is 0 Å². The predicted octanol–water partition coefficient (Wildman–Crippen LogP) is 7.98. The van der Waals surface area contributed by atoms with Gasteiger partial charge in [-0.15, -0.1) is 11.3 Å². The number of benzene rings is 2. The molecule has 3 aliphatic heterocycles. The number of aliphatic imine (C=N–C) groups is 1. The number of anilines is 1. The van der Waals surface area contributed by atoms with E-state index in [-0.39, 0.29) is 65.1 Å². The van der Waals surface area contributed by atoms with Crippen LogP contribution >= 0.6 is 11.3 Å². The first-order chi connectivity index (χ1) is 25.8. The SMILES string of the molecule is CCN1/C(=C/C=C/C=C/C2=[N+](CCCCCC([O-])=NCCN3C(=O)CCC3=O)c3ccc(-c4cccs4)cc3C2(C)C)C(C)(C)c2cc([N+](=O)[O-])ccc21. The van der Waals surface area contributed by atoms with Gasteiger partial charge in [0.15, 0.2) is 5.71 Å². The molecule has 3 aromatic rings. The average Bonchev–Trinajstić information content (AvgIpc) is 3.89. The summed E-state index contributed by atoms with van der Waals surface area (Å²) in [5.41, 5.74) is 7.41. The Balaban J connectivity index is 1.17. The third-order valence-electron chi connectivity index (χ3n) is 10.9. The molecule has 10 nitrogen and oxygen atoms in total. The van der Waals surface area contributed by atoms with Gasteiger partial charge in [0.2, 0.25) is 17.5 Å². The van der Waals surface area contributed by atoms with Crippen LogP contribution in [0.2, 0.25) is 0 Å². The molecule has 11 heteroatoms. The molecule has 0 spiro atoms. The fourth-order valence-electron chi connectivity index (χ4n) is 7.94. The number of hydrogen-bond donors (Lipinski definition) is 0. The van der Waals surface area contributed by atoms with Gasteiger partial charge in [-0.1, -0.05) is 38.1 Å². The van der Waals surface area contributed by atoms with Crippen LogP contribution < -0.4 is 10.0 Å².